The number of nitrogens with zero attached hydrogens (tertiary/aromatic N) is 2. The van der Waals surface area contributed by atoms with Gasteiger partial charge in [-0.3, -0.25) is 9.59 Å². The van der Waals surface area contributed by atoms with Crippen molar-refractivity contribution in [1.82, 2.24) is 0 Å². The maximum absolute atomic E-state index is 13.9. The summed E-state index contributed by atoms with van der Waals surface area (Å²) in [6.45, 7) is 6.55. The zero-order chi connectivity index (χ0) is 23.5. The van der Waals surface area contributed by atoms with Gasteiger partial charge in [-0.2, -0.15) is 0 Å². The van der Waals surface area contributed by atoms with Gasteiger partial charge in [-0.1, -0.05) is 55.5 Å². The number of para-hydroxylation sites is 3. The van der Waals surface area contributed by atoms with Crippen molar-refractivity contribution in [3.05, 3.63) is 95.2 Å². The van der Waals surface area contributed by atoms with Gasteiger partial charge in [-0.05, 0) is 61.2 Å². The van der Waals surface area contributed by atoms with Gasteiger partial charge in [0.25, 0.3) is 11.8 Å². The van der Waals surface area contributed by atoms with E-state index in [0.29, 0.717) is 29.3 Å². The first-order valence-corrected chi connectivity index (χ1v) is 11.1. The number of benzene rings is 3. The third-order valence-electron chi connectivity index (χ3n) is 5.90. The number of carbonyl (C=O) groups is 2. The molecule has 33 heavy (non-hydrogen) atoms. The Morgan fingerprint density at radius 1 is 0.848 bits per heavy atom. The minimum absolute atomic E-state index is 0.347. The number of hydrogen-bond donors (Lipinski definition) is 0. The highest BCUT2D eigenvalue weighted by Crippen LogP contribution is 2.39. The van der Waals surface area contributed by atoms with Gasteiger partial charge in [0, 0.05) is 12.7 Å². The minimum atomic E-state index is -0.368. The molecule has 0 unspecified atom stereocenters. The topological polar surface area (TPSA) is 49.9 Å². The summed E-state index contributed by atoms with van der Waals surface area (Å²) in [5, 5.41) is 0. The lowest BCUT2D eigenvalue weighted by molar-refractivity contribution is -0.120. The van der Waals surface area contributed by atoms with Gasteiger partial charge >= 0.3 is 0 Å². The number of aryl methyl sites for hydroxylation is 2. The summed E-state index contributed by atoms with van der Waals surface area (Å²) >= 11 is 0. The average Bonchev–Trinajstić information content (AvgIpc) is 3.09. The zero-order valence-corrected chi connectivity index (χ0v) is 19.5. The number of amides is 2. The van der Waals surface area contributed by atoms with Crippen molar-refractivity contribution in [2.75, 3.05) is 23.5 Å². The Labute approximate surface area is 194 Å². The van der Waals surface area contributed by atoms with Crippen LogP contribution in [0.5, 0.6) is 5.75 Å². The first-order valence-electron chi connectivity index (χ1n) is 11.1. The van der Waals surface area contributed by atoms with Crippen LogP contribution in [0.2, 0.25) is 0 Å². The fourth-order valence-corrected chi connectivity index (χ4v) is 3.96. The van der Waals surface area contributed by atoms with Crippen LogP contribution in [0.3, 0.4) is 0 Å². The lowest BCUT2D eigenvalue weighted by Crippen LogP contribution is -2.34. The van der Waals surface area contributed by atoms with Gasteiger partial charge in [0.2, 0.25) is 0 Å². The van der Waals surface area contributed by atoms with E-state index in [9.17, 15) is 9.59 Å². The largest absolute Gasteiger partial charge is 0.491 e. The summed E-state index contributed by atoms with van der Waals surface area (Å²) in [7, 11) is 1.82. The average molecular weight is 441 g/mol. The van der Waals surface area contributed by atoms with E-state index in [-0.39, 0.29) is 11.8 Å². The van der Waals surface area contributed by atoms with E-state index in [1.54, 1.807) is 17.0 Å². The van der Waals surface area contributed by atoms with Crippen LogP contribution < -0.4 is 14.5 Å². The Kier molecular flexibility index (Phi) is 6.31. The minimum Gasteiger partial charge on any atom is -0.491 e. The fraction of sp³-hybridized carbons (Fsp3) is 0.214. The second-order valence-corrected chi connectivity index (χ2v) is 8.18. The molecule has 1 aliphatic rings. The number of ether oxygens (including phenoxy) is 1. The number of hydrogen-bond acceptors (Lipinski definition) is 4. The second kappa shape index (κ2) is 9.33. The van der Waals surface area contributed by atoms with Gasteiger partial charge in [0.1, 0.15) is 11.4 Å². The SMILES string of the molecule is CCCOc1ccccc1N1C(=O)C(c2ccc(C)c(C)c2)=C(N(C)c2ccccc2)C1=O. The standard InChI is InChI=1S/C28H28N2O3/c1-5-17-33-24-14-10-9-13-23(24)30-27(31)25(21-16-15-19(2)20(3)18-21)26(28(30)32)29(4)22-11-7-6-8-12-22/h6-16,18H,5,17H2,1-4H3. The molecule has 0 aliphatic carbocycles. The van der Waals surface area contributed by atoms with Crippen LogP contribution in [0.4, 0.5) is 11.4 Å². The molecule has 0 aromatic heterocycles. The Hall–Kier alpha value is -3.86. The summed E-state index contributed by atoms with van der Waals surface area (Å²) in [5.41, 5.74) is 4.94. The molecule has 0 atom stereocenters. The predicted octanol–water partition coefficient (Wildman–Crippen LogP) is 5.51. The molecule has 3 aromatic carbocycles. The first-order chi connectivity index (χ1) is 15.9. The van der Waals surface area contributed by atoms with Crippen molar-refractivity contribution in [3.63, 3.8) is 0 Å². The van der Waals surface area contributed by atoms with Crippen molar-refractivity contribution < 1.29 is 14.3 Å². The lowest BCUT2D eigenvalue weighted by Gasteiger charge is -2.22. The molecule has 5 nitrogen and oxygen atoms in total. The van der Waals surface area contributed by atoms with E-state index in [1.807, 2.05) is 88.5 Å². The maximum Gasteiger partial charge on any atom is 0.282 e. The molecule has 0 bridgehead atoms. The highest BCUT2D eigenvalue weighted by molar-refractivity contribution is 6.46. The summed E-state index contributed by atoms with van der Waals surface area (Å²) in [5.74, 6) is -0.204. The molecule has 0 radical (unpaired) electrons. The van der Waals surface area contributed by atoms with Gasteiger partial charge in [-0.25, -0.2) is 4.90 Å². The second-order valence-electron chi connectivity index (χ2n) is 8.18. The van der Waals surface area contributed by atoms with E-state index >= 15 is 0 Å². The quantitative estimate of drug-likeness (QED) is 0.455. The van der Waals surface area contributed by atoms with Crippen LogP contribution in [0.15, 0.2) is 78.5 Å². The summed E-state index contributed by atoms with van der Waals surface area (Å²) in [6.07, 6.45) is 0.824. The van der Waals surface area contributed by atoms with Crippen molar-refractivity contribution in [1.29, 1.82) is 0 Å². The first kappa shape index (κ1) is 22.3. The van der Waals surface area contributed by atoms with E-state index in [4.69, 9.17) is 4.74 Å². The smallest absolute Gasteiger partial charge is 0.282 e. The zero-order valence-electron chi connectivity index (χ0n) is 19.5. The van der Waals surface area contributed by atoms with Crippen molar-refractivity contribution in [2.45, 2.75) is 27.2 Å². The van der Waals surface area contributed by atoms with E-state index in [0.717, 1.165) is 28.8 Å². The van der Waals surface area contributed by atoms with Crippen molar-refractivity contribution in [2.24, 2.45) is 0 Å². The van der Waals surface area contributed by atoms with E-state index in [1.165, 1.54) is 4.90 Å². The number of likely N-dealkylation sites (N-methyl/N-ethyl adjacent to an activating group) is 1. The Bertz CT molecular complexity index is 1230. The number of rotatable bonds is 7. The molecule has 168 valence electrons. The fourth-order valence-electron chi connectivity index (χ4n) is 3.96. The Morgan fingerprint density at radius 2 is 1.55 bits per heavy atom. The predicted molar refractivity (Wildman–Crippen MR) is 132 cm³/mol. The molecule has 3 aromatic rings. The van der Waals surface area contributed by atoms with Crippen LogP contribution in [0, 0.1) is 13.8 Å². The monoisotopic (exact) mass is 440 g/mol. The van der Waals surface area contributed by atoms with Crippen LogP contribution >= 0.6 is 0 Å². The highest BCUT2D eigenvalue weighted by atomic mass is 16.5. The molecular formula is C28H28N2O3. The van der Waals surface area contributed by atoms with E-state index < -0.39 is 0 Å². The number of carbonyl (C=O) groups excluding carboxylic acids is 2. The molecule has 0 N–H and O–H groups in total. The molecule has 0 saturated carbocycles. The Morgan fingerprint density at radius 3 is 2.24 bits per heavy atom. The maximum atomic E-state index is 13.9. The number of imide groups is 1. The number of anilines is 2. The lowest BCUT2D eigenvalue weighted by atomic mass is 9.99. The summed E-state index contributed by atoms with van der Waals surface area (Å²) < 4.78 is 5.87. The third kappa shape index (κ3) is 4.14. The van der Waals surface area contributed by atoms with Crippen molar-refractivity contribution in [3.8, 4) is 5.75 Å². The van der Waals surface area contributed by atoms with Crippen LogP contribution in [-0.4, -0.2) is 25.5 Å². The molecule has 1 heterocycles. The van der Waals surface area contributed by atoms with Gasteiger partial charge < -0.3 is 9.64 Å². The van der Waals surface area contributed by atoms with Crippen LogP contribution in [0.1, 0.15) is 30.0 Å². The normalized spacial score (nSPS) is 13.6. The third-order valence-corrected chi connectivity index (χ3v) is 5.90. The molecule has 2 amide bonds. The molecule has 4 rings (SSSR count). The highest BCUT2D eigenvalue weighted by Gasteiger charge is 2.43. The van der Waals surface area contributed by atoms with Crippen LogP contribution in [0.25, 0.3) is 5.57 Å². The summed E-state index contributed by atoms with van der Waals surface area (Å²) in [4.78, 5) is 30.7. The van der Waals surface area contributed by atoms with Crippen LogP contribution in [-0.2, 0) is 9.59 Å². The molecule has 0 fully saturated rings. The van der Waals surface area contributed by atoms with Gasteiger partial charge in [-0.15, -0.1) is 0 Å². The molecule has 0 saturated heterocycles. The van der Waals surface area contributed by atoms with Gasteiger partial charge in [0.05, 0.1) is 17.9 Å². The molecule has 1 aliphatic heterocycles. The van der Waals surface area contributed by atoms with E-state index in [2.05, 4.69) is 0 Å². The summed E-state index contributed by atoms with van der Waals surface area (Å²) in [6, 6.07) is 22.6. The molecule has 0 spiro atoms. The van der Waals surface area contributed by atoms with Gasteiger partial charge in [0.15, 0.2) is 0 Å². The van der Waals surface area contributed by atoms with Crippen molar-refractivity contribution >= 4 is 28.8 Å². The Balaban J connectivity index is 1.88. The molecule has 5 heteroatoms. The molecular weight excluding hydrogens is 412 g/mol.